The first-order valence-corrected chi connectivity index (χ1v) is 7.77. The van der Waals surface area contributed by atoms with E-state index in [4.69, 9.17) is 20.9 Å². The standard InChI is InChI=1S/C20H16N2O4/c21-15-9-11-16(12-10-15)25-19(23)13-5-7-14(8-6-13)20(24)26-18-4-2-1-3-17(18)22/h1-12H,21-22H2. The Bertz CT molecular complexity index is 935. The Morgan fingerprint density at radius 2 is 1.19 bits per heavy atom. The highest BCUT2D eigenvalue weighted by Gasteiger charge is 2.13. The number of carbonyl (C=O) groups is 2. The van der Waals surface area contributed by atoms with Gasteiger partial charge in [0.15, 0.2) is 5.75 Å². The number of hydrogen-bond acceptors (Lipinski definition) is 6. The molecule has 6 heteroatoms. The quantitative estimate of drug-likeness (QED) is 0.426. The van der Waals surface area contributed by atoms with Crippen LogP contribution in [0.5, 0.6) is 11.5 Å². The van der Waals surface area contributed by atoms with Crippen molar-refractivity contribution in [3.05, 3.63) is 83.9 Å². The number of rotatable bonds is 4. The predicted octanol–water partition coefficient (Wildman–Crippen LogP) is 3.29. The second-order valence-electron chi connectivity index (χ2n) is 5.46. The number of para-hydroxylation sites is 2. The SMILES string of the molecule is Nc1ccc(OC(=O)c2ccc(C(=O)Oc3ccccc3N)cc2)cc1. The highest BCUT2D eigenvalue weighted by atomic mass is 16.5. The van der Waals surface area contributed by atoms with E-state index in [0.29, 0.717) is 22.7 Å². The highest BCUT2D eigenvalue weighted by molar-refractivity contribution is 5.95. The molecule has 0 aliphatic carbocycles. The van der Waals surface area contributed by atoms with E-state index in [2.05, 4.69) is 0 Å². The average Bonchev–Trinajstić information content (AvgIpc) is 2.65. The minimum atomic E-state index is -0.568. The van der Waals surface area contributed by atoms with Crippen LogP contribution in [0.4, 0.5) is 11.4 Å². The lowest BCUT2D eigenvalue weighted by Gasteiger charge is -2.08. The molecule has 0 aromatic heterocycles. The zero-order valence-electron chi connectivity index (χ0n) is 13.7. The summed E-state index contributed by atoms with van der Waals surface area (Å²) < 4.78 is 10.5. The Hall–Kier alpha value is -3.80. The predicted molar refractivity (Wildman–Crippen MR) is 98.1 cm³/mol. The number of hydrogen-bond donors (Lipinski definition) is 2. The molecule has 4 N–H and O–H groups in total. The van der Waals surface area contributed by atoms with Gasteiger partial charge in [0.25, 0.3) is 0 Å². The summed E-state index contributed by atoms with van der Waals surface area (Å²) in [5.41, 5.74) is 12.9. The molecule has 0 heterocycles. The maximum absolute atomic E-state index is 12.2. The van der Waals surface area contributed by atoms with Gasteiger partial charge in [-0.2, -0.15) is 0 Å². The van der Waals surface area contributed by atoms with Gasteiger partial charge in [-0.05, 0) is 60.7 Å². The van der Waals surface area contributed by atoms with Gasteiger partial charge in [-0.3, -0.25) is 0 Å². The third kappa shape index (κ3) is 3.99. The van der Waals surface area contributed by atoms with Crippen LogP contribution in [0.2, 0.25) is 0 Å². The lowest BCUT2D eigenvalue weighted by atomic mass is 10.1. The molecule has 0 bridgehead atoms. The molecule has 0 saturated heterocycles. The summed E-state index contributed by atoms with van der Waals surface area (Å²) in [6.07, 6.45) is 0. The van der Waals surface area contributed by atoms with Crippen molar-refractivity contribution in [2.75, 3.05) is 11.5 Å². The molecule has 3 rings (SSSR count). The minimum Gasteiger partial charge on any atom is -0.423 e. The fourth-order valence-electron chi connectivity index (χ4n) is 2.18. The number of nitrogens with two attached hydrogens (primary N) is 2. The van der Waals surface area contributed by atoms with E-state index in [1.165, 1.54) is 24.3 Å². The monoisotopic (exact) mass is 348 g/mol. The van der Waals surface area contributed by atoms with Gasteiger partial charge < -0.3 is 20.9 Å². The molecular formula is C20H16N2O4. The van der Waals surface area contributed by atoms with Gasteiger partial charge in [0.2, 0.25) is 0 Å². The van der Waals surface area contributed by atoms with Gasteiger partial charge in [-0.25, -0.2) is 9.59 Å². The van der Waals surface area contributed by atoms with Crippen LogP contribution >= 0.6 is 0 Å². The number of benzene rings is 3. The summed E-state index contributed by atoms with van der Waals surface area (Å²) >= 11 is 0. The van der Waals surface area contributed by atoms with Crippen molar-refractivity contribution in [3.63, 3.8) is 0 Å². The van der Waals surface area contributed by atoms with Crippen LogP contribution in [-0.4, -0.2) is 11.9 Å². The zero-order chi connectivity index (χ0) is 18.5. The fourth-order valence-corrected chi connectivity index (χ4v) is 2.18. The van der Waals surface area contributed by atoms with Crippen molar-refractivity contribution in [1.29, 1.82) is 0 Å². The fraction of sp³-hybridized carbons (Fsp3) is 0. The van der Waals surface area contributed by atoms with E-state index in [0.717, 1.165) is 0 Å². The van der Waals surface area contributed by atoms with Crippen molar-refractivity contribution in [2.45, 2.75) is 0 Å². The summed E-state index contributed by atoms with van der Waals surface area (Å²) in [5, 5.41) is 0. The second kappa shape index (κ2) is 7.40. The lowest BCUT2D eigenvalue weighted by molar-refractivity contribution is 0.0721. The normalized spacial score (nSPS) is 10.2. The molecule has 130 valence electrons. The molecule has 0 saturated carbocycles. The number of ether oxygens (including phenoxy) is 2. The molecule has 0 aliphatic heterocycles. The van der Waals surface area contributed by atoms with E-state index in [1.807, 2.05) is 0 Å². The molecule has 26 heavy (non-hydrogen) atoms. The molecule has 6 nitrogen and oxygen atoms in total. The maximum atomic E-state index is 12.2. The van der Waals surface area contributed by atoms with Crippen LogP contribution < -0.4 is 20.9 Å². The van der Waals surface area contributed by atoms with Crippen molar-refractivity contribution >= 4 is 23.3 Å². The smallest absolute Gasteiger partial charge is 0.343 e. The number of nitrogen functional groups attached to an aromatic ring is 2. The van der Waals surface area contributed by atoms with Gasteiger partial charge in [-0.15, -0.1) is 0 Å². The summed E-state index contributed by atoms with van der Waals surface area (Å²) in [6.45, 7) is 0. The first-order valence-electron chi connectivity index (χ1n) is 7.77. The van der Waals surface area contributed by atoms with E-state index in [-0.39, 0.29) is 11.3 Å². The van der Waals surface area contributed by atoms with E-state index in [9.17, 15) is 9.59 Å². The molecule has 0 atom stereocenters. The van der Waals surface area contributed by atoms with E-state index < -0.39 is 11.9 Å². The molecule has 3 aromatic rings. The van der Waals surface area contributed by atoms with Gasteiger partial charge in [0.05, 0.1) is 16.8 Å². The largest absolute Gasteiger partial charge is 0.423 e. The second-order valence-corrected chi connectivity index (χ2v) is 5.46. The van der Waals surface area contributed by atoms with Crippen LogP contribution in [0.15, 0.2) is 72.8 Å². The molecule has 0 fully saturated rings. The van der Waals surface area contributed by atoms with Gasteiger partial charge in [-0.1, -0.05) is 12.1 Å². The molecule has 0 spiro atoms. The topological polar surface area (TPSA) is 105 Å². The van der Waals surface area contributed by atoms with Crippen LogP contribution in [0.3, 0.4) is 0 Å². The van der Waals surface area contributed by atoms with Crippen LogP contribution in [-0.2, 0) is 0 Å². The van der Waals surface area contributed by atoms with E-state index in [1.54, 1.807) is 48.5 Å². The summed E-state index contributed by atoms with van der Waals surface area (Å²) in [7, 11) is 0. The number of esters is 2. The maximum Gasteiger partial charge on any atom is 0.343 e. The Labute approximate surface area is 150 Å². The molecule has 0 radical (unpaired) electrons. The zero-order valence-corrected chi connectivity index (χ0v) is 13.7. The first kappa shape index (κ1) is 17.0. The van der Waals surface area contributed by atoms with Crippen LogP contribution in [0.25, 0.3) is 0 Å². The first-order chi connectivity index (χ1) is 12.5. The molecular weight excluding hydrogens is 332 g/mol. The van der Waals surface area contributed by atoms with Crippen molar-refractivity contribution < 1.29 is 19.1 Å². The average molecular weight is 348 g/mol. The van der Waals surface area contributed by atoms with Crippen molar-refractivity contribution in [1.82, 2.24) is 0 Å². The van der Waals surface area contributed by atoms with Gasteiger partial charge >= 0.3 is 11.9 Å². The van der Waals surface area contributed by atoms with Crippen molar-refractivity contribution in [2.24, 2.45) is 0 Å². The molecule has 0 amide bonds. The number of anilines is 2. The Kier molecular flexibility index (Phi) is 4.85. The highest BCUT2D eigenvalue weighted by Crippen LogP contribution is 2.21. The third-order valence-corrected chi connectivity index (χ3v) is 3.57. The molecule has 0 unspecified atom stereocenters. The Balaban J connectivity index is 1.67. The van der Waals surface area contributed by atoms with Gasteiger partial charge in [0, 0.05) is 5.69 Å². The molecule has 0 aliphatic rings. The van der Waals surface area contributed by atoms with Crippen molar-refractivity contribution in [3.8, 4) is 11.5 Å². The lowest BCUT2D eigenvalue weighted by Crippen LogP contribution is -2.12. The van der Waals surface area contributed by atoms with Crippen LogP contribution in [0.1, 0.15) is 20.7 Å². The summed E-state index contributed by atoms with van der Waals surface area (Å²) in [5.74, 6) is -0.445. The Morgan fingerprint density at radius 1 is 0.654 bits per heavy atom. The van der Waals surface area contributed by atoms with Crippen LogP contribution in [0, 0.1) is 0 Å². The Morgan fingerprint density at radius 3 is 1.77 bits per heavy atom. The summed E-state index contributed by atoms with van der Waals surface area (Å²) in [6, 6.07) is 19.1. The number of carbonyl (C=O) groups excluding carboxylic acids is 2. The molecule has 3 aromatic carbocycles. The minimum absolute atomic E-state index is 0.282. The van der Waals surface area contributed by atoms with E-state index >= 15 is 0 Å². The van der Waals surface area contributed by atoms with Gasteiger partial charge in [0.1, 0.15) is 5.75 Å². The third-order valence-electron chi connectivity index (χ3n) is 3.57. The summed E-state index contributed by atoms with van der Waals surface area (Å²) in [4.78, 5) is 24.3.